The molecule has 1 aromatic heterocycles. The second kappa shape index (κ2) is 9.56. The topological polar surface area (TPSA) is 66.8 Å². The summed E-state index contributed by atoms with van der Waals surface area (Å²) in [4.78, 5) is 24.5. The largest absolute Gasteiger partial charge is 0.497 e. The summed E-state index contributed by atoms with van der Waals surface area (Å²) >= 11 is 0. The van der Waals surface area contributed by atoms with Crippen molar-refractivity contribution in [1.82, 2.24) is 4.57 Å². The van der Waals surface area contributed by atoms with E-state index in [4.69, 9.17) is 14.2 Å². The molecule has 1 unspecified atom stereocenters. The highest BCUT2D eigenvalue weighted by molar-refractivity contribution is 6.00. The van der Waals surface area contributed by atoms with Crippen molar-refractivity contribution in [2.45, 2.75) is 39.3 Å². The standard InChI is InChI=1S/C23H27NO5/c1-16-13-21(17(2)24(16)14-20-5-4-12-28-20)22(25)15-29-23(26)11-8-18-6-9-19(27-3)10-7-18/h6-11,13,20H,4-5,12,14-15H2,1-3H3. The number of esters is 1. The average molecular weight is 397 g/mol. The molecular weight excluding hydrogens is 370 g/mol. The minimum Gasteiger partial charge on any atom is -0.497 e. The number of Topliss-reactive ketones (excluding diaryl/α,β-unsaturated/α-hetero) is 1. The molecule has 0 spiro atoms. The number of aromatic nitrogens is 1. The quantitative estimate of drug-likeness (QED) is 0.386. The zero-order valence-electron chi connectivity index (χ0n) is 17.1. The number of nitrogens with zero attached hydrogens (tertiary/aromatic N) is 1. The number of ether oxygens (including phenoxy) is 3. The van der Waals surface area contributed by atoms with Crippen molar-refractivity contribution in [2.24, 2.45) is 0 Å². The highest BCUT2D eigenvalue weighted by Gasteiger charge is 2.21. The van der Waals surface area contributed by atoms with Crippen LogP contribution in [0.2, 0.25) is 0 Å². The van der Waals surface area contributed by atoms with Gasteiger partial charge in [0.05, 0.1) is 13.2 Å². The minimum absolute atomic E-state index is 0.198. The molecule has 1 atom stereocenters. The molecule has 0 radical (unpaired) electrons. The van der Waals surface area contributed by atoms with Gasteiger partial charge in [-0.1, -0.05) is 12.1 Å². The van der Waals surface area contributed by atoms with E-state index in [0.29, 0.717) is 5.56 Å². The Morgan fingerprint density at radius 3 is 2.66 bits per heavy atom. The molecule has 6 heteroatoms. The van der Waals surface area contributed by atoms with Crippen LogP contribution in [0.5, 0.6) is 5.75 Å². The van der Waals surface area contributed by atoms with Crippen LogP contribution >= 0.6 is 0 Å². The van der Waals surface area contributed by atoms with Gasteiger partial charge in [0.1, 0.15) is 5.75 Å². The Hall–Kier alpha value is -2.86. The van der Waals surface area contributed by atoms with E-state index in [1.165, 1.54) is 6.08 Å². The maximum Gasteiger partial charge on any atom is 0.331 e. The predicted octanol–water partition coefficient (Wildman–Crippen LogP) is 3.73. The molecular formula is C23H27NO5. The SMILES string of the molecule is COc1ccc(C=CC(=O)OCC(=O)c2cc(C)n(CC3CCCO3)c2C)cc1. The Morgan fingerprint density at radius 2 is 2.00 bits per heavy atom. The molecule has 0 N–H and O–H groups in total. The van der Waals surface area contributed by atoms with Gasteiger partial charge in [-0.3, -0.25) is 4.79 Å². The summed E-state index contributed by atoms with van der Waals surface area (Å²) in [5, 5.41) is 0. The van der Waals surface area contributed by atoms with Crippen molar-refractivity contribution in [1.29, 1.82) is 0 Å². The van der Waals surface area contributed by atoms with Crippen LogP contribution in [0.1, 0.15) is 40.2 Å². The van der Waals surface area contributed by atoms with Crippen molar-refractivity contribution in [3.63, 3.8) is 0 Å². The lowest BCUT2D eigenvalue weighted by atomic mass is 10.1. The molecule has 0 aliphatic carbocycles. The molecule has 1 saturated heterocycles. The number of aryl methyl sites for hydroxylation is 1. The van der Waals surface area contributed by atoms with Crippen LogP contribution in [-0.2, 0) is 20.8 Å². The molecule has 0 bridgehead atoms. The van der Waals surface area contributed by atoms with Gasteiger partial charge in [-0.15, -0.1) is 0 Å². The van der Waals surface area contributed by atoms with Crippen molar-refractivity contribution in [3.8, 4) is 5.75 Å². The van der Waals surface area contributed by atoms with Crippen molar-refractivity contribution >= 4 is 17.8 Å². The third kappa shape index (κ3) is 5.35. The number of ketones is 1. The molecule has 0 amide bonds. The van der Waals surface area contributed by atoms with Crippen LogP contribution in [0.25, 0.3) is 6.08 Å². The summed E-state index contributed by atoms with van der Waals surface area (Å²) in [5.74, 6) is -0.0161. The van der Waals surface area contributed by atoms with Gasteiger partial charge in [-0.2, -0.15) is 0 Å². The van der Waals surface area contributed by atoms with Crippen molar-refractivity contribution in [3.05, 3.63) is 58.9 Å². The summed E-state index contributed by atoms with van der Waals surface area (Å²) in [6.45, 7) is 5.16. The van der Waals surface area contributed by atoms with E-state index in [1.807, 2.05) is 32.0 Å². The Kier molecular flexibility index (Phi) is 6.88. The number of hydrogen-bond acceptors (Lipinski definition) is 5. The number of benzene rings is 1. The molecule has 1 aliphatic heterocycles. The molecule has 3 rings (SSSR count). The van der Waals surface area contributed by atoms with Crippen molar-refractivity contribution < 1.29 is 23.8 Å². The fourth-order valence-corrected chi connectivity index (χ4v) is 3.50. The van der Waals surface area contributed by atoms with E-state index in [0.717, 1.165) is 48.7 Å². The monoisotopic (exact) mass is 397 g/mol. The normalized spacial score (nSPS) is 16.3. The van der Waals surface area contributed by atoms with E-state index in [-0.39, 0.29) is 18.5 Å². The molecule has 1 aliphatic rings. The fraction of sp³-hybridized carbons (Fsp3) is 0.391. The van der Waals surface area contributed by atoms with Gasteiger partial charge < -0.3 is 18.8 Å². The van der Waals surface area contributed by atoms with Gasteiger partial charge in [-0.05, 0) is 56.5 Å². The molecule has 0 saturated carbocycles. The number of carbonyl (C=O) groups excluding carboxylic acids is 2. The lowest BCUT2D eigenvalue weighted by Crippen LogP contribution is -2.18. The van der Waals surface area contributed by atoms with Crippen LogP contribution in [0.4, 0.5) is 0 Å². The summed E-state index contributed by atoms with van der Waals surface area (Å²) < 4.78 is 18.0. The third-order valence-corrected chi connectivity index (χ3v) is 5.16. The Balaban J connectivity index is 1.55. The highest BCUT2D eigenvalue weighted by atomic mass is 16.5. The lowest BCUT2D eigenvalue weighted by molar-refractivity contribution is -0.136. The third-order valence-electron chi connectivity index (χ3n) is 5.16. The Morgan fingerprint density at radius 1 is 1.24 bits per heavy atom. The van der Waals surface area contributed by atoms with E-state index in [9.17, 15) is 9.59 Å². The maximum atomic E-state index is 12.6. The lowest BCUT2D eigenvalue weighted by Gasteiger charge is -2.14. The second-order valence-electron chi connectivity index (χ2n) is 7.17. The summed E-state index contributed by atoms with van der Waals surface area (Å²) in [6, 6.07) is 9.13. The first kappa shape index (κ1) is 20.9. The molecule has 154 valence electrons. The molecule has 1 aromatic carbocycles. The second-order valence-corrected chi connectivity index (χ2v) is 7.17. The van der Waals surface area contributed by atoms with Crippen LogP contribution in [0.15, 0.2) is 36.4 Å². The fourth-order valence-electron chi connectivity index (χ4n) is 3.50. The number of hydrogen-bond donors (Lipinski definition) is 0. The van der Waals surface area contributed by atoms with E-state index in [2.05, 4.69) is 4.57 Å². The number of carbonyl (C=O) groups is 2. The summed E-state index contributed by atoms with van der Waals surface area (Å²) in [5.41, 5.74) is 3.32. The van der Waals surface area contributed by atoms with Crippen LogP contribution in [0.3, 0.4) is 0 Å². The maximum absolute atomic E-state index is 12.6. The minimum atomic E-state index is -0.553. The summed E-state index contributed by atoms with van der Waals surface area (Å²) in [7, 11) is 1.60. The van der Waals surface area contributed by atoms with Crippen LogP contribution in [0, 0.1) is 13.8 Å². The first-order valence-corrected chi connectivity index (χ1v) is 9.78. The first-order chi connectivity index (χ1) is 14.0. The zero-order chi connectivity index (χ0) is 20.8. The van der Waals surface area contributed by atoms with Gasteiger partial charge in [0.2, 0.25) is 5.78 Å². The number of methoxy groups -OCH3 is 1. The van der Waals surface area contributed by atoms with Crippen LogP contribution < -0.4 is 4.74 Å². The first-order valence-electron chi connectivity index (χ1n) is 9.78. The predicted molar refractivity (Wildman–Crippen MR) is 110 cm³/mol. The van der Waals surface area contributed by atoms with Crippen molar-refractivity contribution in [2.75, 3.05) is 20.3 Å². The van der Waals surface area contributed by atoms with Gasteiger partial charge in [0.15, 0.2) is 6.61 Å². The van der Waals surface area contributed by atoms with Gasteiger partial charge in [0.25, 0.3) is 0 Å². The van der Waals surface area contributed by atoms with E-state index >= 15 is 0 Å². The molecule has 2 aromatic rings. The van der Waals surface area contributed by atoms with Gasteiger partial charge in [-0.25, -0.2) is 4.79 Å². The zero-order valence-corrected chi connectivity index (χ0v) is 17.1. The molecule has 2 heterocycles. The van der Waals surface area contributed by atoms with Crippen LogP contribution in [-0.4, -0.2) is 42.7 Å². The highest BCUT2D eigenvalue weighted by Crippen LogP contribution is 2.21. The molecule has 1 fully saturated rings. The van der Waals surface area contributed by atoms with E-state index < -0.39 is 5.97 Å². The smallest absolute Gasteiger partial charge is 0.331 e. The Bertz CT molecular complexity index is 889. The molecule has 29 heavy (non-hydrogen) atoms. The summed E-state index contributed by atoms with van der Waals surface area (Å²) in [6.07, 6.45) is 5.27. The van der Waals surface area contributed by atoms with Gasteiger partial charge >= 0.3 is 5.97 Å². The Labute approximate surface area is 171 Å². The van der Waals surface area contributed by atoms with Gasteiger partial charge in [0, 0.05) is 36.2 Å². The average Bonchev–Trinajstić information content (AvgIpc) is 3.34. The molecule has 6 nitrogen and oxygen atoms in total. The van der Waals surface area contributed by atoms with E-state index in [1.54, 1.807) is 25.3 Å². The number of rotatable bonds is 8.